The number of benzene rings is 2. The first-order valence-electron chi connectivity index (χ1n) is 10.8. The Hall–Kier alpha value is -3.41. The lowest BCUT2D eigenvalue weighted by Crippen LogP contribution is -2.34. The van der Waals surface area contributed by atoms with Gasteiger partial charge in [0.05, 0.1) is 11.1 Å². The monoisotopic (exact) mass is 448 g/mol. The Morgan fingerprint density at radius 2 is 1.64 bits per heavy atom. The van der Waals surface area contributed by atoms with E-state index >= 15 is 0 Å². The number of halogens is 3. The fraction of sp³-hybridized carbons (Fsp3) is 0.259. The highest BCUT2D eigenvalue weighted by atomic mass is 19.4. The summed E-state index contributed by atoms with van der Waals surface area (Å²) in [6.45, 7) is 6.40. The van der Waals surface area contributed by atoms with E-state index in [4.69, 9.17) is 4.42 Å². The van der Waals surface area contributed by atoms with Gasteiger partial charge in [0, 0.05) is 33.6 Å². The molecule has 0 aliphatic carbocycles. The molecule has 5 aromatic rings. The molecule has 0 atom stereocenters. The Bertz CT molecular complexity index is 1530. The molecule has 3 nitrogen and oxygen atoms in total. The largest absolute Gasteiger partial charge is 0.437 e. The van der Waals surface area contributed by atoms with Crippen molar-refractivity contribution >= 4 is 32.8 Å². The van der Waals surface area contributed by atoms with E-state index in [0.717, 1.165) is 44.1 Å². The second kappa shape index (κ2) is 7.30. The van der Waals surface area contributed by atoms with E-state index in [1.54, 1.807) is 12.3 Å². The number of alkyl halides is 3. The Labute approximate surface area is 189 Å². The van der Waals surface area contributed by atoms with E-state index in [0.29, 0.717) is 16.9 Å². The van der Waals surface area contributed by atoms with Gasteiger partial charge in [-0.05, 0) is 67.1 Å². The molecular weight excluding hydrogens is 425 g/mol. The minimum absolute atomic E-state index is 0.0899. The minimum atomic E-state index is -4.27. The Balaban J connectivity index is 1.69. The molecule has 0 aliphatic rings. The van der Waals surface area contributed by atoms with Crippen molar-refractivity contribution in [1.82, 2.24) is 9.97 Å². The smallest absolute Gasteiger partial charge is 0.394 e. The molecule has 0 bridgehead atoms. The number of aryl methyl sites for hydroxylation is 2. The zero-order valence-electron chi connectivity index (χ0n) is 18.8. The zero-order chi connectivity index (χ0) is 23.5. The fourth-order valence-corrected chi connectivity index (χ4v) is 4.33. The number of nitrogens with zero attached hydrogens (tertiary/aromatic N) is 2. The van der Waals surface area contributed by atoms with Crippen molar-refractivity contribution in [3.8, 4) is 11.3 Å². The third kappa shape index (κ3) is 3.63. The lowest BCUT2D eigenvalue weighted by Gasteiger charge is -2.27. The summed E-state index contributed by atoms with van der Waals surface area (Å²) in [5.41, 5.74) is 3.62. The van der Waals surface area contributed by atoms with Crippen LogP contribution in [0, 0.1) is 19.3 Å². The lowest BCUT2D eigenvalue weighted by molar-refractivity contribution is -0.211. The van der Waals surface area contributed by atoms with Gasteiger partial charge in [-0.15, -0.1) is 0 Å². The number of rotatable bonds is 3. The molecule has 0 fully saturated rings. The maximum Gasteiger partial charge on any atom is 0.394 e. The third-order valence-electron chi connectivity index (χ3n) is 6.22. The summed E-state index contributed by atoms with van der Waals surface area (Å²) in [4.78, 5) is 9.17. The van der Waals surface area contributed by atoms with Gasteiger partial charge in [-0.3, -0.25) is 4.98 Å². The topological polar surface area (TPSA) is 38.9 Å². The molecule has 0 spiro atoms. The predicted octanol–water partition coefficient (Wildman–Crippen LogP) is 7.94. The highest BCUT2D eigenvalue weighted by molar-refractivity contribution is 6.11. The van der Waals surface area contributed by atoms with Crippen LogP contribution < -0.4 is 0 Å². The molecule has 0 amide bonds. The Kier molecular flexibility index (Phi) is 4.74. The van der Waals surface area contributed by atoms with Crippen LogP contribution in [0.3, 0.4) is 0 Å². The van der Waals surface area contributed by atoms with E-state index in [2.05, 4.69) is 16.0 Å². The van der Waals surface area contributed by atoms with Gasteiger partial charge < -0.3 is 4.42 Å². The van der Waals surface area contributed by atoms with Gasteiger partial charge in [-0.25, -0.2) is 4.98 Å². The molecule has 0 saturated carbocycles. The first-order chi connectivity index (χ1) is 15.5. The van der Waals surface area contributed by atoms with Crippen molar-refractivity contribution < 1.29 is 17.6 Å². The quantitative estimate of drug-likeness (QED) is 0.281. The van der Waals surface area contributed by atoms with Crippen LogP contribution in [-0.4, -0.2) is 16.1 Å². The summed E-state index contributed by atoms with van der Waals surface area (Å²) in [6, 6.07) is 15.3. The van der Waals surface area contributed by atoms with Crippen molar-refractivity contribution in [3.05, 3.63) is 71.5 Å². The van der Waals surface area contributed by atoms with Crippen molar-refractivity contribution in [1.29, 1.82) is 0 Å². The number of hydrogen-bond acceptors (Lipinski definition) is 3. The second-order valence-corrected chi connectivity index (χ2v) is 9.37. The average Bonchev–Trinajstić information content (AvgIpc) is 3.08. The van der Waals surface area contributed by atoms with Crippen molar-refractivity contribution in [2.24, 2.45) is 5.41 Å². The standard InChI is InChI=1S/C27H23F3N2O/c1-15-11-21-20-7-5-16(2)32-25(20)33-24(21)22(12-15)23-19-8-6-17(13-18(19)9-10-31-23)14-26(3,4)27(28,29)30/h5-13H,14H2,1-4H3. The van der Waals surface area contributed by atoms with E-state index in [1.165, 1.54) is 13.8 Å². The zero-order valence-corrected chi connectivity index (χ0v) is 18.8. The van der Waals surface area contributed by atoms with Gasteiger partial charge >= 0.3 is 6.18 Å². The van der Waals surface area contributed by atoms with E-state index < -0.39 is 11.6 Å². The fourth-order valence-electron chi connectivity index (χ4n) is 4.33. The molecular formula is C27H23F3N2O. The molecule has 0 unspecified atom stereocenters. The molecule has 33 heavy (non-hydrogen) atoms. The third-order valence-corrected chi connectivity index (χ3v) is 6.22. The summed E-state index contributed by atoms with van der Waals surface area (Å²) < 4.78 is 46.3. The van der Waals surface area contributed by atoms with Gasteiger partial charge in [0.25, 0.3) is 0 Å². The number of hydrogen-bond donors (Lipinski definition) is 0. The van der Waals surface area contributed by atoms with Gasteiger partial charge in [0.1, 0.15) is 5.58 Å². The van der Waals surface area contributed by atoms with Gasteiger partial charge in [-0.2, -0.15) is 13.2 Å². The molecule has 2 aromatic carbocycles. The number of furan rings is 1. The van der Waals surface area contributed by atoms with Crippen LogP contribution in [0.5, 0.6) is 0 Å². The maximum absolute atomic E-state index is 13.4. The normalized spacial score (nSPS) is 12.8. The lowest BCUT2D eigenvalue weighted by atomic mass is 9.84. The summed E-state index contributed by atoms with van der Waals surface area (Å²) >= 11 is 0. The van der Waals surface area contributed by atoms with Crippen LogP contribution >= 0.6 is 0 Å². The van der Waals surface area contributed by atoms with Gasteiger partial charge in [0.15, 0.2) is 0 Å². The minimum Gasteiger partial charge on any atom is -0.437 e. The van der Waals surface area contributed by atoms with Crippen LogP contribution in [0.2, 0.25) is 0 Å². The van der Waals surface area contributed by atoms with Gasteiger partial charge in [-0.1, -0.05) is 32.0 Å². The maximum atomic E-state index is 13.4. The van der Waals surface area contributed by atoms with E-state index in [1.807, 2.05) is 50.2 Å². The highest BCUT2D eigenvalue weighted by Gasteiger charge is 2.46. The van der Waals surface area contributed by atoms with Crippen molar-refractivity contribution in [2.75, 3.05) is 0 Å². The van der Waals surface area contributed by atoms with Gasteiger partial charge in [0.2, 0.25) is 5.71 Å². The predicted molar refractivity (Wildman–Crippen MR) is 125 cm³/mol. The number of pyridine rings is 2. The number of aromatic nitrogens is 2. The molecule has 168 valence electrons. The van der Waals surface area contributed by atoms with Crippen LogP contribution in [0.25, 0.3) is 44.1 Å². The van der Waals surface area contributed by atoms with Crippen LogP contribution in [0.1, 0.15) is 30.7 Å². The van der Waals surface area contributed by atoms with Crippen LogP contribution in [0.4, 0.5) is 13.2 Å². The Morgan fingerprint density at radius 3 is 2.39 bits per heavy atom. The highest BCUT2D eigenvalue weighted by Crippen LogP contribution is 2.41. The first-order valence-corrected chi connectivity index (χ1v) is 10.8. The van der Waals surface area contributed by atoms with Crippen molar-refractivity contribution in [3.63, 3.8) is 0 Å². The van der Waals surface area contributed by atoms with E-state index in [-0.39, 0.29) is 6.42 Å². The summed E-state index contributed by atoms with van der Waals surface area (Å²) in [7, 11) is 0. The SMILES string of the molecule is Cc1cc(-c2nccc3cc(CC(C)(C)C(F)(F)F)ccc23)c2oc3nc(C)ccc3c2c1. The molecule has 3 heterocycles. The van der Waals surface area contributed by atoms with Crippen LogP contribution in [-0.2, 0) is 6.42 Å². The second-order valence-electron chi connectivity index (χ2n) is 9.37. The summed E-state index contributed by atoms with van der Waals surface area (Å²) in [6.07, 6.45) is -2.67. The average molecular weight is 448 g/mol. The molecule has 0 saturated heterocycles. The summed E-state index contributed by atoms with van der Waals surface area (Å²) in [5, 5.41) is 3.62. The Morgan fingerprint density at radius 1 is 0.879 bits per heavy atom. The molecule has 3 aromatic heterocycles. The molecule has 5 rings (SSSR count). The molecule has 0 radical (unpaired) electrons. The molecule has 6 heteroatoms. The number of fused-ring (bicyclic) bond motifs is 4. The van der Waals surface area contributed by atoms with Crippen LogP contribution in [0.15, 0.2) is 59.1 Å². The van der Waals surface area contributed by atoms with E-state index in [9.17, 15) is 13.2 Å². The molecule has 0 aliphatic heterocycles. The molecule has 0 N–H and O–H groups in total. The summed E-state index contributed by atoms with van der Waals surface area (Å²) in [5.74, 6) is 0. The van der Waals surface area contributed by atoms with Crippen molar-refractivity contribution in [2.45, 2.75) is 40.3 Å². The first kappa shape index (κ1) is 21.4.